The predicted octanol–water partition coefficient (Wildman–Crippen LogP) is 6.17. The Morgan fingerprint density at radius 2 is 1.62 bits per heavy atom. The molecule has 0 radical (unpaired) electrons. The highest BCUT2D eigenvalue weighted by Crippen LogP contribution is 2.48. The molecule has 5 rings (SSSR count). The summed E-state index contributed by atoms with van der Waals surface area (Å²) in [6.07, 6.45) is 0. The minimum Gasteiger partial charge on any atom is -0.507 e. The second kappa shape index (κ2) is 14.0. The highest BCUT2D eigenvalue weighted by Gasteiger charge is 2.49. The molecule has 1 aromatic heterocycles. The molecule has 0 bridgehead atoms. The molecule has 11 nitrogen and oxygen atoms in total. The highest BCUT2D eigenvalue weighted by atomic mass is 32.1. The fraction of sp³-hybridized carbons (Fsp3) is 0.257. The number of aromatic nitrogens is 1. The number of anilines is 1. The van der Waals surface area contributed by atoms with E-state index in [0.29, 0.717) is 40.5 Å². The molecule has 2 heterocycles. The number of aliphatic hydroxyl groups is 1. The lowest BCUT2D eigenvalue weighted by Crippen LogP contribution is -2.29. The number of esters is 1. The van der Waals surface area contributed by atoms with Gasteiger partial charge in [0.2, 0.25) is 5.75 Å². The van der Waals surface area contributed by atoms with E-state index in [-0.39, 0.29) is 33.7 Å². The first kappa shape index (κ1) is 33.0. The van der Waals surface area contributed by atoms with Gasteiger partial charge in [0.1, 0.15) is 23.0 Å². The van der Waals surface area contributed by atoms with Gasteiger partial charge >= 0.3 is 11.9 Å². The van der Waals surface area contributed by atoms with Gasteiger partial charge in [0.15, 0.2) is 16.6 Å². The molecule has 1 atom stereocenters. The van der Waals surface area contributed by atoms with Crippen molar-refractivity contribution in [3.05, 3.63) is 99.1 Å². The van der Waals surface area contributed by atoms with Crippen LogP contribution in [-0.4, -0.2) is 55.7 Å². The van der Waals surface area contributed by atoms with Crippen LogP contribution < -0.4 is 23.8 Å². The minimum atomic E-state index is -1.18. The van der Waals surface area contributed by atoms with Crippen LogP contribution in [0.5, 0.6) is 23.0 Å². The van der Waals surface area contributed by atoms with Crippen LogP contribution in [0.3, 0.4) is 0 Å². The standard InChI is InChI=1S/C35H34N2O9S/c1-7-45-34(41)32-20(3)36-35(47-32)37-28(23-16-25(42-4)31(44-6)26(17-23)43-5)27(30(39)33(37)40)29(38)22-13-14-24(19(2)15-22)46-18-21-11-9-8-10-12-21/h8-17,28,38H,7,18H2,1-6H3/b29-27-. The van der Waals surface area contributed by atoms with Gasteiger partial charge in [-0.05, 0) is 67.8 Å². The van der Waals surface area contributed by atoms with Gasteiger partial charge in [0.05, 0.1) is 45.2 Å². The third-order valence-corrected chi connectivity index (χ3v) is 8.72. The van der Waals surface area contributed by atoms with E-state index in [2.05, 4.69) is 4.98 Å². The molecule has 12 heteroatoms. The van der Waals surface area contributed by atoms with Crippen LogP contribution in [-0.2, 0) is 20.9 Å². The number of nitrogens with zero attached hydrogens (tertiary/aromatic N) is 2. The van der Waals surface area contributed by atoms with E-state index in [4.69, 9.17) is 23.7 Å². The van der Waals surface area contributed by atoms with Crippen molar-refractivity contribution in [2.24, 2.45) is 0 Å². The van der Waals surface area contributed by atoms with Gasteiger partial charge in [-0.15, -0.1) is 0 Å². The Bertz CT molecular complexity index is 1840. The zero-order valence-corrected chi connectivity index (χ0v) is 27.6. The van der Waals surface area contributed by atoms with Gasteiger partial charge in [-0.1, -0.05) is 41.7 Å². The summed E-state index contributed by atoms with van der Waals surface area (Å²) in [5.41, 5.74) is 2.51. The third-order valence-electron chi connectivity index (χ3n) is 7.58. The summed E-state index contributed by atoms with van der Waals surface area (Å²) in [7, 11) is 4.34. The number of rotatable bonds is 11. The summed E-state index contributed by atoms with van der Waals surface area (Å²) < 4.78 is 27.8. The Kier molecular flexibility index (Phi) is 9.80. The number of hydrogen-bond donors (Lipinski definition) is 1. The fourth-order valence-corrected chi connectivity index (χ4v) is 6.31. The summed E-state index contributed by atoms with van der Waals surface area (Å²) >= 11 is 0.913. The van der Waals surface area contributed by atoms with E-state index in [1.807, 2.05) is 37.3 Å². The number of ketones is 1. The van der Waals surface area contributed by atoms with Crippen LogP contribution in [0.2, 0.25) is 0 Å². The van der Waals surface area contributed by atoms with Crippen molar-refractivity contribution in [1.82, 2.24) is 4.98 Å². The Balaban J connectivity index is 1.65. The summed E-state index contributed by atoms with van der Waals surface area (Å²) in [5.74, 6) is -1.44. The van der Waals surface area contributed by atoms with Gasteiger partial charge < -0.3 is 28.8 Å². The molecule has 0 aliphatic carbocycles. The minimum absolute atomic E-state index is 0.0753. The molecule has 1 unspecified atom stereocenters. The third kappa shape index (κ3) is 6.36. The number of carbonyl (C=O) groups excluding carboxylic acids is 3. The number of aliphatic hydroxyl groups excluding tert-OH is 1. The maximum Gasteiger partial charge on any atom is 0.350 e. The second-order valence-corrected chi connectivity index (χ2v) is 11.5. The van der Waals surface area contributed by atoms with Crippen molar-refractivity contribution < 1.29 is 43.2 Å². The summed E-state index contributed by atoms with van der Waals surface area (Å²) in [6, 6.07) is 16.7. The van der Waals surface area contributed by atoms with E-state index in [1.165, 1.54) is 26.2 Å². The second-order valence-electron chi connectivity index (χ2n) is 10.5. The van der Waals surface area contributed by atoms with Crippen molar-refractivity contribution in [1.29, 1.82) is 0 Å². The molecule has 1 N–H and O–H groups in total. The average Bonchev–Trinajstić information content (AvgIpc) is 3.59. The van der Waals surface area contributed by atoms with E-state index in [9.17, 15) is 19.5 Å². The molecule has 1 amide bonds. The molecular weight excluding hydrogens is 624 g/mol. The van der Waals surface area contributed by atoms with Crippen molar-refractivity contribution in [3.63, 3.8) is 0 Å². The molecule has 0 spiro atoms. The molecule has 47 heavy (non-hydrogen) atoms. The highest BCUT2D eigenvalue weighted by molar-refractivity contribution is 7.17. The smallest absolute Gasteiger partial charge is 0.350 e. The Morgan fingerprint density at radius 1 is 0.936 bits per heavy atom. The topological polar surface area (TPSA) is 134 Å². The van der Waals surface area contributed by atoms with E-state index >= 15 is 0 Å². The number of benzene rings is 3. The Labute approximate surface area is 275 Å². The van der Waals surface area contributed by atoms with E-state index in [1.54, 1.807) is 44.2 Å². The first-order valence-electron chi connectivity index (χ1n) is 14.7. The molecule has 0 saturated carbocycles. The zero-order chi connectivity index (χ0) is 33.8. The molecule has 3 aromatic carbocycles. The number of thiazole rings is 1. The lowest BCUT2D eigenvalue weighted by atomic mass is 9.94. The van der Waals surface area contributed by atoms with E-state index < -0.39 is 29.5 Å². The van der Waals surface area contributed by atoms with Crippen LogP contribution in [0.1, 0.15) is 50.6 Å². The van der Waals surface area contributed by atoms with Gasteiger partial charge in [-0.3, -0.25) is 14.5 Å². The fourth-order valence-electron chi connectivity index (χ4n) is 5.33. The maximum atomic E-state index is 13.8. The number of methoxy groups -OCH3 is 3. The largest absolute Gasteiger partial charge is 0.507 e. The molecule has 244 valence electrons. The number of hydrogen-bond acceptors (Lipinski definition) is 11. The van der Waals surface area contributed by atoms with Crippen molar-refractivity contribution in [3.8, 4) is 23.0 Å². The number of aryl methyl sites for hydroxylation is 2. The zero-order valence-electron chi connectivity index (χ0n) is 26.8. The van der Waals surface area contributed by atoms with Crippen LogP contribution in [0.25, 0.3) is 5.76 Å². The first-order valence-corrected chi connectivity index (χ1v) is 15.5. The van der Waals surface area contributed by atoms with Gasteiger partial charge in [0.25, 0.3) is 5.78 Å². The van der Waals surface area contributed by atoms with Crippen molar-refractivity contribution in [2.75, 3.05) is 32.8 Å². The molecule has 1 aliphatic rings. The van der Waals surface area contributed by atoms with Crippen LogP contribution in [0.15, 0.2) is 66.2 Å². The summed E-state index contributed by atoms with van der Waals surface area (Å²) in [4.78, 5) is 46.1. The molecule has 1 saturated heterocycles. The maximum absolute atomic E-state index is 13.8. The van der Waals surface area contributed by atoms with Crippen molar-refractivity contribution >= 4 is 39.9 Å². The van der Waals surface area contributed by atoms with Crippen LogP contribution >= 0.6 is 11.3 Å². The van der Waals surface area contributed by atoms with E-state index in [0.717, 1.165) is 16.9 Å². The molecular formula is C35H34N2O9S. The van der Waals surface area contributed by atoms with Gasteiger partial charge in [0, 0.05) is 5.56 Å². The average molecular weight is 659 g/mol. The van der Waals surface area contributed by atoms with Crippen LogP contribution in [0.4, 0.5) is 5.13 Å². The SMILES string of the molecule is CCOC(=O)c1sc(N2C(=O)C(=O)/C(=C(\O)c3ccc(OCc4ccccc4)c(C)c3)C2c2cc(OC)c(OC)c(OC)c2)nc1C. The lowest BCUT2D eigenvalue weighted by Gasteiger charge is -2.24. The molecule has 4 aromatic rings. The number of carbonyl (C=O) groups is 3. The quantitative estimate of drug-likeness (QED) is 0.0864. The number of ether oxygens (including phenoxy) is 5. The summed E-state index contributed by atoms with van der Waals surface area (Å²) in [5, 5.41) is 11.8. The lowest BCUT2D eigenvalue weighted by molar-refractivity contribution is -0.132. The Morgan fingerprint density at radius 3 is 2.21 bits per heavy atom. The van der Waals surface area contributed by atoms with Crippen molar-refractivity contribution in [2.45, 2.75) is 33.4 Å². The first-order chi connectivity index (χ1) is 22.6. The molecule has 1 aliphatic heterocycles. The number of Topliss-reactive ketones (excluding diaryl/α,β-unsaturated/α-hetero) is 1. The predicted molar refractivity (Wildman–Crippen MR) is 176 cm³/mol. The number of amides is 1. The van der Waals surface area contributed by atoms with Gasteiger partial charge in [-0.25, -0.2) is 9.78 Å². The van der Waals surface area contributed by atoms with Crippen LogP contribution in [0, 0.1) is 13.8 Å². The normalized spacial score (nSPS) is 15.4. The Hall–Kier alpha value is -5.36. The van der Waals surface area contributed by atoms with Gasteiger partial charge in [-0.2, -0.15) is 0 Å². The summed E-state index contributed by atoms with van der Waals surface area (Å²) in [6.45, 7) is 5.61. The molecule has 1 fully saturated rings. The monoisotopic (exact) mass is 658 g/mol.